The van der Waals surface area contributed by atoms with E-state index in [9.17, 15) is 9.36 Å². The van der Waals surface area contributed by atoms with Crippen LogP contribution in [0.3, 0.4) is 0 Å². The fraction of sp³-hybridized carbons (Fsp3) is 0.889. The Balaban J connectivity index is 4.13. The van der Waals surface area contributed by atoms with Gasteiger partial charge in [0.05, 0.1) is 19.4 Å². The predicted molar refractivity (Wildman–Crippen MR) is 61.4 cm³/mol. The van der Waals surface area contributed by atoms with Crippen molar-refractivity contribution in [1.82, 2.24) is 0 Å². The zero-order valence-electron chi connectivity index (χ0n) is 10.4. The summed E-state index contributed by atoms with van der Waals surface area (Å²) in [6.45, 7) is 3.87. The van der Waals surface area contributed by atoms with Gasteiger partial charge in [0.1, 0.15) is 6.04 Å². The van der Waals surface area contributed by atoms with Crippen molar-refractivity contribution in [2.75, 3.05) is 26.5 Å². The minimum absolute atomic E-state index is 0.0104. The van der Waals surface area contributed by atoms with E-state index >= 15 is 0 Å². The molecule has 8 heteroatoms. The van der Waals surface area contributed by atoms with E-state index in [1.165, 1.54) is 7.11 Å². The van der Waals surface area contributed by atoms with Crippen LogP contribution in [0, 0.1) is 0 Å². The van der Waals surface area contributed by atoms with Gasteiger partial charge in [-0.15, -0.1) is 4.67 Å². The number of ether oxygens (including phenoxy) is 1. The summed E-state index contributed by atoms with van der Waals surface area (Å²) in [7, 11) is -2.09. The highest BCUT2D eigenvalue weighted by Gasteiger charge is 2.27. The van der Waals surface area contributed by atoms with E-state index in [1.807, 2.05) is 0 Å². The Morgan fingerprint density at radius 1 is 1.35 bits per heavy atom. The van der Waals surface area contributed by atoms with Gasteiger partial charge in [0.25, 0.3) is 0 Å². The summed E-state index contributed by atoms with van der Waals surface area (Å²) in [4.78, 5) is 15.8. The number of carbonyl (C=O) groups is 1. The number of esters is 1. The predicted octanol–water partition coefficient (Wildman–Crippen LogP) is 1.07. The van der Waals surface area contributed by atoms with Gasteiger partial charge in [-0.2, -0.15) is 0 Å². The summed E-state index contributed by atoms with van der Waals surface area (Å²) < 4.78 is 25.9. The monoisotopic (exact) mass is 269 g/mol. The lowest BCUT2D eigenvalue weighted by atomic mass is 10.2. The van der Waals surface area contributed by atoms with Gasteiger partial charge in [0.2, 0.25) is 0 Å². The van der Waals surface area contributed by atoms with E-state index in [2.05, 4.69) is 9.56 Å². The van der Waals surface area contributed by atoms with Gasteiger partial charge in [0.15, 0.2) is 0 Å². The Hall–Kier alpha value is -0.460. The van der Waals surface area contributed by atoms with Gasteiger partial charge in [-0.1, -0.05) is 0 Å². The van der Waals surface area contributed by atoms with E-state index in [0.717, 1.165) is 0 Å². The van der Waals surface area contributed by atoms with Crippen LogP contribution in [0.25, 0.3) is 0 Å². The molecule has 0 fully saturated rings. The van der Waals surface area contributed by atoms with E-state index in [4.69, 9.17) is 15.0 Å². The van der Waals surface area contributed by atoms with Gasteiger partial charge in [-0.25, -0.2) is 4.89 Å². The summed E-state index contributed by atoms with van der Waals surface area (Å²) >= 11 is 0. The summed E-state index contributed by atoms with van der Waals surface area (Å²) in [5.41, 5.74) is 5.55. The molecule has 0 aliphatic carbocycles. The molecule has 0 aromatic heterocycles. The normalized spacial score (nSPS) is 16.2. The second-order valence-corrected chi connectivity index (χ2v) is 5.33. The molecule has 0 heterocycles. The number of carbonyl (C=O) groups excluding carboxylic acids is 1. The van der Waals surface area contributed by atoms with Crippen LogP contribution in [-0.2, 0) is 28.2 Å². The lowest BCUT2D eigenvalue weighted by Gasteiger charge is -2.16. The first-order chi connectivity index (χ1) is 7.99. The minimum atomic E-state index is -3.34. The molecule has 2 N–H and O–H groups in total. The van der Waals surface area contributed by atoms with Crippen LogP contribution < -0.4 is 5.73 Å². The molecular formula is C9H20NO6P. The fourth-order valence-electron chi connectivity index (χ4n) is 0.956. The van der Waals surface area contributed by atoms with Gasteiger partial charge in [0, 0.05) is 7.11 Å². The first-order valence-electron chi connectivity index (χ1n) is 5.37. The van der Waals surface area contributed by atoms with Crippen LogP contribution >= 0.6 is 7.60 Å². The van der Waals surface area contributed by atoms with Crippen LogP contribution in [0.1, 0.15) is 20.3 Å². The van der Waals surface area contributed by atoms with Crippen molar-refractivity contribution >= 4 is 13.6 Å². The van der Waals surface area contributed by atoms with Crippen molar-refractivity contribution in [3.8, 4) is 0 Å². The fourth-order valence-corrected chi connectivity index (χ4v) is 2.13. The molecule has 2 atom stereocenters. The van der Waals surface area contributed by atoms with Crippen molar-refractivity contribution in [1.29, 1.82) is 0 Å². The molecule has 0 saturated heterocycles. The molecule has 0 rings (SSSR count). The zero-order valence-corrected chi connectivity index (χ0v) is 11.3. The molecule has 7 nitrogen and oxygen atoms in total. The highest BCUT2D eigenvalue weighted by molar-refractivity contribution is 7.53. The van der Waals surface area contributed by atoms with Crippen LogP contribution in [0.2, 0.25) is 0 Å². The first-order valence-corrected chi connectivity index (χ1v) is 7.10. The van der Waals surface area contributed by atoms with E-state index in [1.54, 1.807) is 13.8 Å². The molecule has 0 bridgehead atoms. The number of nitrogens with two attached hydrogens (primary N) is 1. The second-order valence-electron chi connectivity index (χ2n) is 3.15. The molecule has 0 aromatic carbocycles. The zero-order chi connectivity index (χ0) is 13.3. The highest BCUT2D eigenvalue weighted by atomic mass is 31.2. The molecule has 0 aliphatic rings. The number of rotatable bonds is 9. The Kier molecular flexibility index (Phi) is 8.37. The van der Waals surface area contributed by atoms with Crippen LogP contribution in [0.4, 0.5) is 0 Å². The maximum atomic E-state index is 11.8. The maximum absolute atomic E-state index is 11.8. The summed E-state index contributed by atoms with van der Waals surface area (Å²) in [5, 5.41) is 0. The van der Waals surface area contributed by atoms with Gasteiger partial charge < -0.3 is 15.0 Å². The Morgan fingerprint density at radius 2 is 2.00 bits per heavy atom. The van der Waals surface area contributed by atoms with Gasteiger partial charge in [-0.05, 0) is 20.3 Å². The van der Waals surface area contributed by atoms with Crippen molar-refractivity contribution in [2.45, 2.75) is 26.3 Å². The summed E-state index contributed by atoms with van der Waals surface area (Å²) in [6.07, 6.45) is 0.126. The summed E-state index contributed by atoms with van der Waals surface area (Å²) in [6, 6.07) is -0.844. The van der Waals surface area contributed by atoms with Crippen molar-refractivity contribution in [3.05, 3.63) is 0 Å². The lowest BCUT2D eigenvalue weighted by Crippen LogP contribution is -2.33. The number of hydrogen-bond donors (Lipinski definition) is 1. The van der Waals surface area contributed by atoms with Crippen LogP contribution in [0.5, 0.6) is 0 Å². The molecule has 0 aromatic rings. The highest BCUT2D eigenvalue weighted by Crippen LogP contribution is 2.48. The van der Waals surface area contributed by atoms with Gasteiger partial charge in [-0.3, -0.25) is 9.36 Å². The molecule has 0 saturated carbocycles. The quantitative estimate of drug-likeness (QED) is 0.289. The Morgan fingerprint density at radius 3 is 2.47 bits per heavy atom. The summed E-state index contributed by atoms with van der Waals surface area (Å²) in [5.74, 6) is -0.536. The van der Waals surface area contributed by atoms with Crippen molar-refractivity contribution in [3.63, 3.8) is 0 Å². The molecule has 17 heavy (non-hydrogen) atoms. The van der Waals surface area contributed by atoms with Crippen molar-refractivity contribution in [2.24, 2.45) is 5.73 Å². The standard InChI is InChI=1S/C9H20NO6P/c1-4-14-9(11)8(10)6-7-17(12,13-3)16-15-5-2/h8H,4-7,10H2,1-3H3. The number of hydrogen-bond acceptors (Lipinski definition) is 7. The minimum Gasteiger partial charge on any atom is -0.465 e. The molecule has 0 aliphatic heterocycles. The van der Waals surface area contributed by atoms with Gasteiger partial charge >= 0.3 is 13.6 Å². The Bertz CT molecular complexity index is 272. The third-order valence-electron chi connectivity index (χ3n) is 1.87. The van der Waals surface area contributed by atoms with E-state index < -0.39 is 19.6 Å². The van der Waals surface area contributed by atoms with E-state index in [0.29, 0.717) is 0 Å². The van der Waals surface area contributed by atoms with Crippen LogP contribution in [0.15, 0.2) is 0 Å². The van der Waals surface area contributed by atoms with Crippen molar-refractivity contribution < 1.29 is 28.2 Å². The molecule has 0 spiro atoms. The second kappa shape index (κ2) is 8.60. The van der Waals surface area contributed by atoms with E-state index in [-0.39, 0.29) is 25.8 Å². The molecule has 2 unspecified atom stereocenters. The average molecular weight is 269 g/mol. The molecular weight excluding hydrogens is 249 g/mol. The smallest absolute Gasteiger partial charge is 0.357 e. The molecule has 102 valence electrons. The largest absolute Gasteiger partial charge is 0.465 e. The maximum Gasteiger partial charge on any atom is 0.357 e. The first kappa shape index (κ1) is 16.5. The SMILES string of the molecule is CCOOP(=O)(CCC(N)C(=O)OCC)OC. The lowest BCUT2D eigenvalue weighted by molar-refractivity contribution is -0.209. The topological polar surface area (TPSA) is 97.1 Å². The molecule has 0 radical (unpaired) electrons. The molecule has 0 amide bonds. The Labute approximate surface area is 101 Å². The third-order valence-corrected chi connectivity index (χ3v) is 3.56. The van der Waals surface area contributed by atoms with Crippen LogP contribution in [-0.4, -0.2) is 38.5 Å². The average Bonchev–Trinajstić information content (AvgIpc) is 2.33. The third kappa shape index (κ3) is 6.75.